The van der Waals surface area contributed by atoms with Gasteiger partial charge in [-0.05, 0) is 17.7 Å². The van der Waals surface area contributed by atoms with E-state index in [0.717, 1.165) is 16.8 Å². The lowest BCUT2D eigenvalue weighted by molar-refractivity contribution is -0.141. The van der Waals surface area contributed by atoms with Gasteiger partial charge in [0.2, 0.25) is 5.91 Å². The number of nitrogens with zero attached hydrogens (tertiary/aromatic N) is 2. The third kappa shape index (κ3) is 3.58. The summed E-state index contributed by atoms with van der Waals surface area (Å²) in [5, 5.41) is 5.99. The van der Waals surface area contributed by atoms with E-state index in [1.54, 1.807) is 20.8 Å². The number of carbonyl (C=O) groups is 1. The van der Waals surface area contributed by atoms with Crippen molar-refractivity contribution < 1.29 is 22.4 Å². The molecule has 4 nitrogen and oxygen atoms in total. The van der Waals surface area contributed by atoms with Crippen LogP contribution in [-0.4, -0.2) is 15.7 Å². The standard InChI is InChI=1S/C16H17F4N3O/c1-15(2,3)14(24)21-13-11(9-5-7-10(17)8-6-9)12(16(18,19)20)22-23(13)4/h5-8H,1-4H3,(H,21,24). The number of carbonyl (C=O) groups excluding carboxylic acids is 1. The van der Waals surface area contributed by atoms with Crippen LogP contribution in [0.15, 0.2) is 24.3 Å². The predicted molar refractivity (Wildman–Crippen MR) is 81.7 cm³/mol. The summed E-state index contributed by atoms with van der Waals surface area (Å²) in [4.78, 5) is 12.2. The van der Waals surface area contributed by atoms with E-state index in [1.807, 2.05) is 0 Å². The summed E-state index contributed by atoms with van der Waals surface area (Å²) in [7, 11) is 1.31. The van der Waals surface area contributed by atoms with Crippen molar-refractivity contribution >= 4 is 11.7 Å². The number of benzene rings is 1. The van der Waals surface area contributed by atoms with Crippen molar-refractivity contribution in [2.24, 2.45) is 12.5 Å². The van der Waals surface area contributed by atoms with E-state index < -0.39 is 29.0 Å². The van der Waals surface area contributed by atoms with Gasteiger partial charge in [0.25, 0.3) is 0 Å². The zero-order valence-corrected chi connectivity index (χ0v) is 13.6. The van der Waals surface area contributed by atoms with Crippen molar-refractivity contribution in [3.05, 3.63) is 35.8 Å². The third-order valence-electron chi connectivity index (χ3n) is 3.36. The smallest absolute Gasteiger partial charge is 0.310 e. The molecular formula is C16H17F4N3O. The lowest BCUT2D eigenvalue weighted by Gasteiger charge is -2.18. The van der Waals surface area contributed by atoms with Crippen LogP contribution in [0.4, 0.5) is 23.4 Å². The van der Waals surface area contributed by atoms with E-state index in [-0.39, 0.29) is 16.9 Å². The van der Waals surface area contributed by atoms with Crippen LogP contribution < -0.4 is 5.32 Å². The van der Waals surface area contributed by atoms with Crippen molar-refractivity contribution in [2.45, 2.75) is 26.9 Å². The summed E-state index contributed by atoms with van der Waals surface area (Å²) in [6.07, 6.45) is -4.72. The number of hydrogen-bond acceptors (Lipinski definition) is 2. The molecule has 2 aromatic rings. The average Bonchev–Trinajstić information content (AvgIpc) is 2.76. The molecule has 0 bridgehead atoms. The summed E-state index contributed by atoms with van der Waals surface area (Å²) in [6, 6.07) is 4.54. The second kappa shape index (κ2) is 5.92. The van der Waals surface area contributed by atoms with Crippen molar-refractivity contribution in [3.8, 4) is 11.1 Å². The highest BCUT2D eigenvalue weighted by Gasteiger charge is 2.40. The number of aromatic nitrogens is 2. The van der Waals surface area contributed by atoms with Gasteiger partial charge in [-0.2, -0.15) is 18.3 Å². The maximum atomic E-state index is 13.3. The molecule has 0 fully saturated rings. The molecule has 0 radical (unpaired) electrons. The van der Waals surface area contributed by atoms with Crippen LogP contribution in [0.5, 0.6) is 0 Å². The SMILES string of the molecule is Cn1nc(C(F)(F)F)c(-c2ccc(F)cc2)c1NC(=O)C(C)(C)C. The lowest BCUT2D eigenvalue weighted by Crippen LogP contribution is -2.28. The van der Waals surface area contributed by atoms with Gasteiger partial charge in [0, 0.05) is 12.5 Å². The maximum Gasteiger partial charge on any atom is 0.435 e. The predicted octanol–water partition coefficient (Wildman–Crippen LogP) is 4.23. The Morgan fingerprint density at radius 2 is 1.67 bits per heavy atom. The highest BCUT2D eigenvalue weighted by Crippen LogP contribution is 2.41. The number of nitrogens with one attached hydrogen (secondary N) is 1. The fraction of sp³-hybridized carbons (Fsp3) is 0.375. The Hall–Kier alpha value is -2.38. The summed E-state index contributed by atoms with van der Waals surface area (Å²) in [6.45, 7) is 4.92. The topological polar surface area (TPSA) is 46.9 Å². The van der Waals surface area contributed by atoms with E-state index in [2.05, 4.69) is 10.4 Å². The van der Waals surface area contributed by atoms with E-state index in [4.69, 9.17) is 0 Å². The fourth-order valence-corrected chi connectivity index (χ4v) is 2.05. The van der Waals surface area contributed by atoms with Crippen LogP contribution in [-0.2, 0) is 18.0 Å². The van der Waals surface area contributed by atoms with Gasteiger partial charge in [-0.1, -0.05) is 32.9 Å². The normalized spacial score (nSPS) is 12.3. The van der Waals surface area contributed by atoms with Crippen LogP contribution >= 0.6 is 0 Å². The van der Waals surface area contributed by atoms with Gasteiger partial charge in [0.15, 0.2) is 5.69 Å². The molecule has 0 aliphatic carbocycles. The van der Waals surface area contributed by atoms with Gasteiger partial charge in [0.1, 0.15) is 11.6 Å². The van der Waals surface area contributed by atoms with E-state index >= 15 is 0 Å². The first-order chi connectivity index (χ1) is 10.9. The highest BCUT2D eigenvalue weighted by molar-refractivity contribution is 5.97. The molecule has 8 heteroatoms. The second-order valence-electron chi connectivity index (χ2n) is 6.40. The Kier molecular flexibility index (Phi) is 4.43. The molecule has 1 N–H and O–H groups in total. The van der Waals surface area contributed by atoms with Crippen molar-refractivity contribution in [2.75, 3.05) is 5.32 Å². The number of rotatable bonds is 2. The van der Waals surface area contributed by atoms with Crippen molar-refractivity contribution in [3.63, 3.8) is 0 Å². The van der Waals surface area contributed by atoms with E-state index in [1.165, 1.54) is 19.2 Å². The average molecular weight is 343 g/mol. The molecule has 1 heterocycles. The Labute approximate surface area is 136 Å². The first kappa shape index (κ1) is 18.0. The molecule has 0 atom stereocenters. The third-order valence-corrected chi connectivity index (χ3v) is 3.36. The largest absolute Gasteiger partial charge is 0.435 e. The lowest BCUT2D eigenvalue weighted by atomic mass is 9.95. The number of amides is 1. The molecule has 24 heavy (non-hydrogen) atoms. The van der Waals surface area contributed by atoms with Crippen LogP contribution in [0.3, 0.4) is 0 Å². The fourth-order valence-electron chi connectivity index (χ4n) is 2.05. The van der Waals surface area contributed by atoms with Crippen LogP contribution in [0.2, 0.25) is 0 Å². The van der Waals surface area contributed by atoms with Gasteiger partial charge < -0.3 is 5.32 Å². The van der Waals surface area contributed by atoms with Gasteiger partial charge in [-0.3, -0.25) is 9.48 Å². The molecule has 0 unspecified atom stereocenters. The van der Waals surface area contributed by atoms with Gasteiger partial charge in [0.05, 0.1) is 5.56 Å². The zero-order chi connectivity index (χ0) is 18.3. The van der Waals surface area contributed by atoms with Crippen molar-refractivity contribution in [1.29, 1.82) is 0 Å². The molecule has 0 aliphatic heterocycles. The summed E-state index contributed by atoms with van der Waals surface area (Å²) < 4.78 is 54.0. The molecule has 1 aromatic heterocycles. The molecule has 0 saturated heterocycles. The monoisotopic (exact) mass is 343 g/mol. The molecular weight excluding hydrogens is 326 g/mol. The van der Waals surface area contributed by atoms with Crippen molar-refractivity contribution in [1.82, 2.24) is 9.78 Å². The minimum absolute atomic E-state index is 0.0890. The van der Waals surface area contributed by atoms with Gasteiger partial charge in [-0.25, -0.2) is 4.39 Å². The maximum absolute atomic E-state index is 13.3. The number of hydrogen-bond donors (Lipinski definition) is 1. The molecule has 130 valence electrons. The first-order valence-corrected chi connectivity index (χ1v) is 7.13. The zero-order valence-electron chi connectivity index (χ0n) is 13.6. The summed E-state index contributed by atoms with van der Waals surface area (Å²) in [5.74, 6) is -1.12. The molecule has 2 rings (SSSR count). The molecule has 0 aliphatic rings. The Morgan fingerprint density at radius 1 is 1.12 bits per heavy atom. The van der Waals surface area contributed by atoms with Gasteiger partial charge >= 0.3 is 6.18 Å². The minimum atomic E-state index is -4.72. The van der Waals surface area contributed by atoms with Gasteiger partial charge in [-0.15, -0.1) is 0 Å². The van der Waals surface area contributed by atoms with Crippen LogP contribution in [0.1, 0.15) is 26.5 Å². The Morgan fingerprint density at radius 3 is 2.12 bits per heavy atom. The Bertz CT molecular complexity index is 755. The molecule has 1 amide bonds. The molecule has 0 spiro atoms. The van der Waals surface area contributed by atoms with Crippen LogP contribution in [0, 0.1) is 11.2 Å². The highest BCUT2D eigenvalue weighted by atomic mass is 19.4. The first-order valence-electron chi connectivity index (χ1n) is 7.13. The number of halogens is 4. The number of aryl methyl sites for hydroxylation is 1. The quantitative estimate of drug-likeness (QED) is 0.830. The summed E-state index contributed by atoms with van der Waals surface area (Å²) in [5.41, 5.74) is -2.12. The second-order valence-corrected chi connectivity index (χ2v) is 6.40. The molecule has 0 saturated carbocycles. The van der Waals surface area contributed by atoms with Crippen LogP contribution in [0.25, 0.3) is 11.1 Å². The molecule has 1 aromatic carbocycles. The Balaban J connectivity index is 2.64. The minimum Gasteiger partial charge on any atom is -0.310 e. The number of alkyl halides is 3. The van der Waals surface area contributed by atoms with E-state index in [0.29, 0.717) is 0 Å². The number of anilines is 1. The summed E-state index contributed by atoms with van der Waals surface area (Å²) >= 11 is 0. The van der Waals surface area contributed by atoms with E-state index in [9.17, 15) is 22.4 Å².